The predicted molar refractivity (Wildman–Crippen MR) is 105 cm³/mol. The molecule has 0 bridgehead atoms. The van der Waals surface area contributed by atoms with E-state index in [4.69, 9.17) is 5.11 Å². The van der Waals surface area contributed by atoms with Crippen LogP contribution in [-0.4, -0.2) is 52.2 Å². The van der Waals surface area contributed by atoms with E-state index in [1.54, 1.807) is 11.8 Å². The Balaban J connectivity index is 1.30. The summed E-state index contributed by atoms with van der Waals surface area (Å²) in [6.45, 7) is 3.68. The summed E-state index contributed by atoms with van der Waals surface area (Å²) in [5.41, 5.74) is 3.34. The van der Waals surface area contributed by atoms with Crippen molar-refractivity contribution in [2.75, 3.05) is 26.2 Å². The van der Waals surface area contributed by atoms with E-state index in [2.05, 4.69) is 27.4 Å². The van der Waals surface area contributed by atoms with Crippen LogP contribution in [0, 0.1) is 5.92 Å². The number of thioether (sulfide) groups is 1. The van der Waals surface area contributed by atoms with Gasteiger partial charge in [-0.05, 0) is 41.7 Å². The van der Waals surface area contributed by atoms with E-state index in [0.717, 1.165) is 61.9 Å². The highest BCUT2D eigenvalue weighted by atomic mass is 32.2. The van der Waals surface area contributed by atoms with Crippen LogP contribution in [0.4, 0.5) is 0 Å². The summed E-state index contributed by atoms with van der Waals surface area (Å²) >= 11 is 1.65. The molecule has 1 fully saturated rings. The zero-order valence-corrected chi connectivity index (χ0v) is 15.7. The van der Waals surface area contributed by atoms with Gasteiger partial charge in [-0.25, -0.2) is 0 Å². The number of nitrogens with zero attached hydrogens (tertiary/aromatic N) is 3. The molecule has 3 aliphatic rings. The van der Waals surface area contributed by atoms with Crippen molar-refractivity contribution < 1.29 is 9.90 Å². The lowest BCUT2D eigenvalue weighted by Gasteiger charge is -2.26. The summed E-state index contributed by atoms with van der Waals surface area (Å²) in [5, 5.41) is 12.3. The minimum absolute atomic E-state index is 0.0869. The number of likely N-dealkylation sites (tertiary alicyclic amines) is 1. The third-order valence-electron chi connectivity index (χ3n) is 5.37. The normalized spacial score (nSPS) is 22.3. The van der Waals surface area contributed by atoms with E-state index in [1.807, 2.05) is 17.0 Å². The molecule has 3 heterocycles. The Morgan fingerprint density at radius 1 is 1.23 bits per heavy atom. The molecule has 138 valence electrons. The number of amidine groups is 1. The van der Waals surface area contributed by atoms with Crippen molar-refractivity contribution in [3.05, 3.63) is 46.5 Å². The molecule has 0 spiro atoms. The van der Waals surface area contributed by atoms with Crippen molar-refractivity contribution in [1.29, 1.82) is 0 Å². The number of amides is 1. The van der Waals surface area contributed by atoms with Gasteiger partial charge in [0.25, 0.3) is 0 Å². The first-order valence-corrected chi connectivity index (χ1v) is 10.2. The van der Waals surface area contributed by atoms with Gasteiger partial charge in [-0.1, -0.05) is 36.0 Å². The van der Waals surface area contributed by atoms with E-state index >= 15 is 0 Å². The lowest BCUT2D eigenvalue weighted by Crippen LogP contribution is -2.34. The van der Waals surface area contributed by atoms with Crippen LogP contribution in [0.15, 0.2) is 40.4 Å². The number of aliphatic hydroxyl groups excluding tert-OH is 1. The number of carbonyl (C=O) groups is 1. The maximum absolute atomic E-state index is 12.7. The second kappa shape index (κ2) is 7.84. The molecule has 26 heavy (non-hydrogen) atoms. The standard InChI is InChI=1S/C20H25N3O2S/c24-13-16-4-2-15(3-5-16)10-17-6-9-22(12-17)19(25)11-18-14-26-20-21-7-1-8-23(18)20/h2-5,14,17,24H,1,6-13H2/t17-/m0/s1. The minimum atomic E-state index is 0.0869. The number of rotatable bonds is 5. The average molecular weight is 372 g/mol. The van der Waals surface area contributed by atoms with Crippen LogP contribution >= 0.6 is 11.8 Å². The molecule has 1 saturated heterocycles. The maximum Gasteiger partial charge on any atom is 0.228 e. The van der Waals surface area contributed by atoms with Crippen LogP contribution in [0.2, 0.25) is 0 Å². The summed E-state index contributed by atoms with van der Waals surface area (Å²) in [6, 6.07) is 8.14. The summed E-state index contributed by atoms with van der Waals surface area (Å²) in [4.78, 5) is 21.5. The molecule has 0 radical (unpaired) electrons. The van der Waals surface area contributed by atoms with E-state index in [-0.39, 0.29) is 12.5 Å². The molecule has 0 saturated carbocycles. The van der Waals surface area contributed by atoms with Gasteiger partial charge in [0, 0.05) is 31.9 Å². The number of fused-ring (bicyclic) bond motifs is 1. The molecule has 0 aromatic heterocycles. The fraction of sp³-hybridized carbons (Fsp3) is 0.500. The molecule has 1 N–H and O–H groups in total. The number of aliphatic imine (C=N–C) groups is 1. The first-order chi connectivity index (χ1) is 12.7. The van der Waals surface area contributed by atoms with Gasteiger partial charge in [0.05, 0.1) is 13.0 Å². The Labute approximate surface area is 158 Å². The molecular weight excluding hydrogens is 346 g/mol. The first-order valence-electron chi connectivity index (χ1n) is 9.37. The molecule has 0 aliphatic carbocycles. The van der Waals surface area contributed by atoms with Gasteiger partial charge in [-0.3, -0.25) is 9.79 Å². The average Bonchev–Trinajstić information content (AvgIpc) is 3.30. The zero-order valence-electron chi connectivity index (χ0n) is 14.9. The Morgan fingerprint density at radius 2 is 2.04 bits per heavy atom. The van der Waals surface area contributed by atoms with Gasteiger partial charge in [-0.2, -0.15) is 0 Å². The van der Waals surface area contributed by atoms with Crippen molar-refractivity contribution in [3.8, 4) is 0 Å². The largest absolute Gasteiger partial charge is 0.392 e. The molecular formula is C20H25N3O2S. The quantitative estimate of drug-likeness (QED) is 0.864. The molecule has 1 aromatic rings. The van der Waals surface area contributed by atoms with Gasteiger partial charge in [-0.15, -0.1) is 0 Å². The van der Waals surface area contributed by atoms with Crippen LogP contribution in [0.1, 0.15) is 30.4 Å². The summed E-state index contributed by atoms with van der Waals surface area (Å²) in [7, 11) is 0. The smallest absolute Gasteiger partial charge is 0.228 e. The van der Waals surface area contributed by atoms with E-state index in [9.17, 15) is 4.79 Å². The van der Waals surface area contributed by atoms with Crippen LogP contribution < -0.4 is 0 Å². The first kappa shape index (κ1) is 17.6. The second-order valence-corrected chi connectivity index (χ2v) is 8.08. The third kappa shape index (κ3) is 3.81. The van der Waals surface area contributed by atoms with Crippen LogP contribution in [0.25, 0.3) is 0 Å². The predicted octanol–water partition coefficient (Wildman–Crippen LogP) is 2.61. The Morgan fingerprint density at radius 3 is 2.85 bits per heavy atom. The molecule has 0 unspecified atom stereocenters. The fourth-order valence-electron chi connectivity index (χ4n) is 3.88. The van der Waals surface area contributed by atoms with Gasteiger partial charge >= 0.3 is 0 Å². The van der Waals surface area contributed by atoms with Gasteiger partial charge in [0.2, 0.25) is 5.91 Å². The zero-order chi connectivity index (χ0) is 17.9. The molecule has 1 amide bonds. The van der Waals surface area contributed by atoms with Crippen LogP contribution in [0.5, 0.6) is 0 Å². The topological polar surface area (TPSA) is 56.1 Å². The summed E-state index contributed by atoms with van der Waals surface area (Å²) in [6.07, 6.45) is 3.62. The van der Waals surface area contributed by atoms with Crippen LogP contribution in [-0.2, 0) is 17.8 Å². The van der Waals surface area contributed by atoms with E-state index in [0.29, 0.717) is 12.3 Å². The molecule has 4 rings (SSSR count). The van der Waals surface area contributed by atoms with E-state index in [1.165, 1.54) is 5.56 Å². The highest BCUT2D eigenvalue weighted by Gasteiger charge is 2.30. The molecule has 5 nitrogen and oxygen atoms in total. The maximum atomic E-state index is 12.7. The van der Waals surface area contributed by atoms with E-state index < -0.39 is 0 Å². The van der Waals surface area contributed by atoms with Gasteiger partial charge in [0.15, 0.2) is 5.17 Å². The van der Waals surface area contributed by atoms with Crippen molar-refractivity contribution in [2.45, 2.75) is 32.3 Å². The van der Waals surface area contributed by atoms with Crippen molar-refractivity contribution in [1.82, 2.24) is 9.80 Å². The SMILES string of the molecule is O=C(CC1=CSC2=NCCCN12)N1CC[C@@H](Cc2ccc(CO)cc2)C1. The molecule has 1 aromatic carbocycles. The van der Waals surface area contributed by atoms with Gasteiger partial charge in [0.1, 0.15) is 0 Å². The molecule has 3 aliphatic heterocycles. The Bertz CT molecular complexity index is 729. The van der Waals surface area contributed by atoms with Crippen molar-refractivity contribution in [3.63, 3.8) is 0 Å². The van der Waals surface area contributed by atoms with Crippen LogP contribution in [0.3, 0.4) is 0 Å². The van der Waals surface area contributed by atoms with Gasteiger partial charge < -0.3 is 14.9 Å². The number of carbonyl (C=O) groups excluding carboxylic acids is 1. The minimum Gasteiger partial charge on any atom is -0.392 e. The highest BCUT2D eigenvalue weighted by molar-refractivity contribution is 8.16. The Hall–Kier alpha value is -1.79. The lowest BCUT2D eigenvalue weighted by molar-refractivity contribution is -0.129. The highest BCUT2D eigenvalue weighted by Crippen LogP contribution is 2.31. The second-order valence-electron chi connectivity index (χ2n) is 7.25. The molecule has 6 heteroatoms. The summed E-state index contributed by atoms with van der Waals surface area (Å²) < 4.78 is 0. The van der Waals surface area contributed by atoms with Crippen molar-refractivity contribution in [2.24, 2.45) is 10.9 Å². The number of hydrogen-bond acceptors (Lipinski definition) is 5. The third-order valence-corrected chi connectivity index (χ3v) is 6.32. The lowest BCUT2D eigenvalue weighted by atomic mass is 9.98. The summed E-state index contributed by atoms with van der Waals surface area (Å²) in [5.74, 6) is 0.764. The van der Waals surface area contributed by atoms with Crippen molar-refractivity contribution >= 4 is 22.8 Å². The molecule has 1 atom stereocenters. The number of benzene rings is 1. The Kier molecular flexibility index (Phi) is 5.31. The number of aliphatic hydroxyl groups is 1. The number of hydrogen-bond donors (Lipinski definition) is 1. The monoisotopic (exact) mass is 371 g/mol. The fourth-order valence-corrected chi connectivity index (χ4v) is 4.83.